The lowest BCUT2D eigenvalue weighted by molar-refractivity contribution is -0.118. The van der Waals surface area contributed by atoms with Gasteiger partial charge < -0.3 is 10.2 Å². The highest BCUT2D eigenvalue weighted by molar-refractivity contribution is 5.95. The fraction of sp³-hybridized carbons (Fsp3) is 0.300. The van der Waals surface area contributed by atoms with E-state index in [2.05, 4.69) is 11.4 Å². The van der Waals surface area contributed by atoms with Gasteiger partial charge in [0.05, 0.1) is 6.42 Å². The Hall–Kier alpha value is -2.62. The molecule has 0 aromatic heterocycles. The lowest BCUT2D eigenvalue weighted by Crippen LogP contribution is -2.33. The number of hydrogen-bond donors (Lipinski definition) is 1. The molecule has 4 nitrogen and oxygen atoms in total. The monoisotopic (exact) mass is 322 g/mol. The summed E-state index contributed by atoms with van der Waals surface area (Å²) in [6, 6.07) is 15.6. The first kappa shape index (κ1) is 16.2. The van der Waals surface area contributed by atoms with Gasteiger partial charge in [-0.05, 0) is 48.6 Å². The molecule has 1 N–H and O–H groups in total. The number of amides is 2. The summed E-state index contributed by atoms with van der Waals surface area (Å²) >= 11 is 0. The molecule has 2 aromatic rings. The van der Waals surface area contributed by atoms with Crippen molar-refractivity contribution < 1.29 is 9.59 Å². The van der Waals surface area contributed by atoms with Crippen LogP contribution in [0.15, 0.2) is 48.5 Å². The minimum atomic E-state index is -0.0972. The van der Waals surface area contributed by atoms with Crippen molar-refractivity contribution in [1.82, 2.24) is 0 Å². The molecule has 0 unspecified atom stereocenters. The van der Waals surface area contributed by atoms with E-state index in [9.17, 15) is 9.59 Å². The molecule has 0 radical (unpaired) electrons. The van der Waals surface area contributed by atoms with E-state index >= 15 is 0 Å². The molecule has 124 valence electrons. The molecular weight excluding hydrogens is 300 g/mol. The Labute approximate surface area is 142 Å². The summed E-state index contributed by atoms with van der Waals surface area (Å²) in [5.74, 6) is 0.0247. The molecule has 0 bridgehead atoms. The van der Waals surface area contributed by atoms with Crippen molar-refractivity contribution in [2.75, 3.05) is 16.8 Å². The Morgan fingerprint density at radius 2 is 1.79 bits per heavy atom. The number of hydrogen-bond acceptors (Lipinski definition) is 2. The minimum Gasteiger partial charge on any atom is -0.326 e. The maximum Gasteiger partial charge on any atom is 0.231 e. The molecule has 0 aliphatic carbocycles. The van der Waals surface area contributed by atoms with Crippen LogP contribution < -0.4 is 10.2 Å². The van der Waals surface area contributed by atoms with Crippen LogP contribution in [0.3, 0.4) is 0 Å². The van der Waals surface area contributed by atoms with E-state index in [1.807, 2.05) is 47.4 Å². The molecule has 1 aliphatic rings. The van der Waals surface area contributed by atoms with E-state index in [1.54, 1.807) is 0 Å². The average molecular weight is 322 g/mol. The van der Waals surface area contributed by atoms with Crippen LogP contribution in [0.2, 0.25) is 0 Å². The molecule has 2 amide bonds. The Balaban J connectivity index is 1.74. The van der Waals surface area contributed by atoms with Gasteiger partial charge in [-0.3, -0.25) is 9.59 Å². The lowest BCUT2D eigenvalue weighted by Gasteiger charge is -2.23. The Kier molecular flexibility index (Phi) is 4.94. The van der Waals surface area contributed by atoms with Gasteiger partial charge in [-0.25, -0.2) is 0 Å². The Bertz CT molecular complexity index is 738. The molecule has 0 saturated carbocycles. The van der Waals surface area contributed by atoms with Gasteiger partial charge in [-0.2, -0.15) is 0 Å². The van der Waals surface area contributed by atoms with E-state index in [0.29, 0.717) is 6.42 Å². The number of carbonyl (C=O) groups is 2. The van der Waals surface area contributed by atoms with Gasteiger partial charge in [0.15, 0.2) is 0 Å². The maximum absolute atomic E-state index is 12.8. The predicted molar refractivity (Wildman–Crippen MR) is 96.2 cm³/mol. The fourth-order valence-electron chi connectivity index (χ4n) is 3.13. The van der Waals surface area contributed by atoms with Gasteiger partial charge in [0.2, 0.25) is 11.8 Å². The van der Waals surface area contributed by atoms with Gasteiger partial charge in [-0.1, -0.05) is 30.3 Å². The van der Waals surface area contributed by atoms with Crippen molar-refractivity contribution in [2.24, 2.45) is 0 Å². The number of carbonyl (C=O) groups excluding carboxylic acids is 2. The van der Waals surface area contributed by atoms with Crippen LogP contribution in [-0.4, -0.2) is 18.4 Å². The number of aryl methyl sites for hydroxylation is 1. The lowest BCUT2D eigenvalue weighted by atomic mass is 10.1. The summed E-state index contributed by atoms with van der Waals surface area (Å²) in [7, 11) is 0. The molecule has 0 saturated heterocycles. The molecule has 4 heteroatoms. The first-order chi connectivity index (χ1) is 11.6. The van der Waals surface area contributed by atoms with E-state index < -0.39 is 0 Å². The summed E-state index contributed by atoms with van der Waals surface area (Å²) < 4.78 is 0. The SMILES string of the molecule is CC(=O)Nc1ccc(CC(=O)N2CCCCc3ccccc32)cc1. The molecule has 1 aliphatic heterocycles. The smallest absolute Gasteiger partial charge is 0.231 e. The molecule has 0 spiro atoms. The largest absolute Gasteiger partial charge is 0.326 e. The normalized spacial score (nSPS) is 13.8. The molecule has 0 atom stereocenters. The van der Waals surface area contributed by atoms with E-state index in [0.717, 1.165) is 42.7 Å². The second-order valence-electron chi connectivity index (χ2n) is 6.19. The molecule has 3 rings (SSSR count). The average Bonchev–Trinajstić information content (AvgIpc) is 2.78. The Morgan fingerprint density at radius 3 is 2.54 bits per heavy atom. The van der Waals surface area contributed by atoms with E-state index in [1.165, 1.54) is 12.5 Å². The number of rotatable bonds is 3. The highest BCUT2D eigenvalue weighted by Gasteiger charge is 2.20. The van der Waals surface area contributed by atoms with Crippen LogP contribution in [-0.2, 0) is 22.4 Å². The first-order valence-corrected chi connectivity index (χ1v) is 8.38. The predicted octanol–water partition coefficient (Wildman–Crippen LogP) is 3.56. The summed E-state index contributed by atoms with van der Waals surface area (Å²) in [5.41, 5.74) is 4.01. The van der Waals surface area contributed by atoms with Gasteiger partial charge in [0, 0.05) is 24.8 Å². The molecule has 24 heavy (non-hydrogen) atoms. The highest BCUT2D eigenvalue weighted by atomic mass is 16.2. The van der Waals surface area contributed by atoms with Crippen molar-refractivity contribution in [1.29, 1.82) is 0 Å². The third-order valence-electron chi connectivity index (χ3n) is 4.29. The zero-order valence-electron chi connectivity index (χ0n) is 13.9. The van der Waals surface area contributed by atoms with Crippen LogP contribution in [0.5, 0.6) is 0 Å². The quantitative estimate of drug-likeness (QED) is 0.939. The van der Waals surface area contributed by atoms with Crippen LogP contribution in [0.1, 0.15) is 30.9 Å². The van der Waals surface area contributed by atoms with Gasteiger partial charge in [0.1, 0.15) is 0 Å². The number of anilines is 2. The Morgan fingerprint density at radius 1 is 1.04 bits per heavy atom. The molecule has 1 heterocycles. The maximum atomic E-state index is 12.8. The molecule has 2 aromatic carbocycles. The fourth-order valence-corrected chi connectivity index (χ4v) is 3.13. The molecule has 0 fully saturated rings. The van der Waals surface area contributed by atoms with Gasteiger partial charge in [0.25, 0.3) is 0 Å². The van der Waals surface area contributed by atoms with Crippen molar-refractivity contribution in [3.8, 4) is 0 Å². The van der Waals surface area contributed by atoms with Crippen LogP contribution in [0.25, 0.3) is 0 Å². The van der Waals surface area contributed by atoms with Crippen molar-refractivity contribution >= 4 is 23.2 Å². The van der Waals surface area contributed by atoms with E-state index in [-0.39, 0.29) is 11.8 Å². The second-order valence-corrected chi connectivity index (χ2v) is 6.19. The zero-order chi connectivity index (χ0) is 16.9. The van der Waals surface area contributed by atoms with Crippen molar-refractivity contribution in [2.45, 2.75) is 32.6 Å². The third kappa shape index (κ3) is 3.82. The minimum absolute atomic E-state index is 0.0972. The first-order valence-electron chi connectivity index (χ1n) is 8.38. The van der Waals surface area contributed by atoms with E-state index in [4.69, 9.17) is 0 Å². The summed E-state index contributed by atoms with van der Waals surface area (Å²) in [6.45, 7) is 2.26. The van der Waals surface area contributed by atoms with Gasteiger partial charge >= 0.3 is 0 Å². The standard InChI is InChI=1S/C20H22N2O2/c1-15(23)21-18-11-9-16(10-12-18)14-20(24)22-13-5-4-7-17-6-2-3-8-19(17)22/h2-3,6,8-12H,4-5,7,13-14H2,1H3,(H,21,23). The van der Waals surface area contributed by atoms with Crippen molar-refractivity contribution in [3.05, 3.63) is 59.7 Å². The van der Waals surface area contributed by atoms with Gasteiger partial charge in [-0.15, -0.1) is 0 Å². The molecular formula is C20H22N2O2. The van der Waals surface area contributed by atoms with Crippen LogP contribution in [0.4, 0.5) is 11.4 Å². The zero-order valence-corrected chi connectivity index (χ0v) is 13.9. The van der Waals surface area contributed by atoms with Crippen LogP contribution in [0, 0.1) is 0 Å². The van der Waals surface area contributed by atoms with Crippen molar-refractivity contribution in [3.63, 3.8) is 0 Å². The third-order valence-corrected chi connectivity index (χ3v) is 4.29. The van der Waals surface area contributed by atoms with Crippen LogP contribution >= 0.6 is 0 Å². The summed E-state index contributed by atoms with van der Waals surface area (Å²) in [5, 5.41) is 2.74. The summed E-state index contributed by atoms with van der Waals surface area (Å²) in [4.78, 5) is 25.8. The number of benzene rings is 2. The number of fused-ring (bicyclic) bond motifs is 1. The number of nitrogens with one attached hydrogen (secondary N) is 1. The second kappa shape index (κ2) is 7.30. The number of para-hydroxylation sites is 1. The number of nitrogens with zero attached hydrogens (tertiary/aromatic N) is 1. The summed E-state index contributed by atoms with van der Waals surface area (Å²) in [6.07, 6.45) is 3.55. The highest BCUT2D eigenvalue weighted by Crippen LogP contribution is 2.26. The topological polar surface area (TPSA) is 49.4 Å².